The van der Waals surface area contributed by atoms with Gasteiger partial charge >= 0.3 is 12.0 Å². The summed E-state index contributed by atoms with van der Waals surface area (Å²) >= 11 is 0. The van der Waals surface area contributed by atoms with Crippen LogP contribution in [0, 0.1) is 12.8 Å². The van der Waals surface area contributed by atoms with E-state index in [1.165, 1.54) is 0 Å². The summed E-state index contributed by atoms with van der Waals surface area (Å²) in [7, 11) is 0. The van der Waals surface area contributed by atoms with Crippen molar-refractivity contribution in [2.45, 2.75) is 45.2 Å². The summed E-state index contributed by atoms with van der Waals surface area (Å²) in [6.45, 7) is 3.95. The summed E-state index contributed by atoms with van der Waals surface area (Å²) in [6.07, 6.45) is 1.87. The van der Waals surface area contributed by atoms with Crippen LogP contribution in [0.25, 0.3) is 0 Å². The number of carbonyl (C=O) groups is 2. The molecule has 1 saturated carbocycles. The van der Waals surface area contributed by atoms with E-state index in [-0.39, 0.29) is 24.0 Å². The Bertz CT molecular complexity index is 530. The quantitative estimate of drug-likeness (QED) is 0.797. The van der Waals surface area contributed by atoms with Crippen LogP contribution in [0.1, 0.15) is 43.4 Å². The van der Waals surface area contributed by atoms with Gasteiger partial charge in [-0.05, 0) is 44.2 Å². The summed E-state index contributed by atoms with van der Waals surface area (Å²) in [5, 5.41) is 14.7. The Labute approximate surface area is 124 Å². The van der Waals surface area contributed by atoms with Gasteiger partial charge in [0.25, 0.3) is 0 Å². The standard InChI is InChI=1S/C16H22N2O3/c1-10-5-3-4-6-14(10)11(2)17-16(21)18-13-8-7-12(9-13)15(19)20/h3-6,11-13H,7-9H2,1-2H3,(H,19,20)(H2,17,18,21)/t11?,12-,13+/m1/s1. The lowest BCUT2D eigenvalue weighted by atomic mass is 10.0. The first-order chi connectivity index (χ1) is 9.97. The zero-order valence-corrected chi connectivity index (χ0v) is 12.4. The number of carboxylic acid groups (broad SMARTS) is 1. The van der Waals surface area contributed by atoms with E-state index in [2.05, 4.69) is 10.6 Å². The van der Waals surface area contributed by atoms with Crippen molar-refractivity contribution in [2.24, 2.45) is 5.92 Å². The normalized spacial score (nSPS) is 22.6. The molecule has 3 N–H and O–H groups in total. The maximum atomic E-state index is 12.0. The van der Waals surface area contributed by atoms with Crippen LogP contribution in [0.3, 0.4) is 0 Å². The van der Waals surface area contributed by atoms with Crippen molar-refractivity contribution in [1.82, 2.24) is 10.6 Å². The van der Waals surface area contributed by atoms with Crippen molar-refractivity contribution in [3.8, 4) is 0 Å². The Hall–Kier alpha value is -2.04. The summed E-state index contributed by atoms with van der Waals surface area (Å²) in [5.74, 6) is -1.10. The summed E-state index contributed by atoms with van der Waals surface area (Å²) in [6, 6.07) is 7.57. The molecule has 1 unspecified atom stereocenters. The zero-order valence-electron chi connectivity index (χ0n) is 12.4. The molecule has 1 fully saturated rings. The van der Waals surface area contributed by atoms with E-state index in [0.717, 1.165) is 17.5 Å². The van der Waals surface area contributed by atoms with Gasteiger partial charge in [-0.25, -0.2) is 4.79 Å². The van der Waals surface area contributed by atoms with E-state index in [1.54, 1.807) is 0 Å². The summed E-state index contributed by atoms with van der Waals surface area (Å²) < 4.78 is 0. The predicted octanol–water partition coefficient (Wildman–Crippen LogP) is 2.61. The van der Waals surface area contributed by atoms with Crippen LogP contribution >= 0.6 is 0 Å². The van der Waals surface area contributed by atoms with Crippen molar-refractivity contribution in [3.63, 3.8) is 0 Å². The molecule has 0 bridgehead atoms. The van der Waals surface area contributed by atoms with Crippen LogP contribution in [0.2, 0.25) is 0 Å². The molecule has 0 radical (unpaired) electrons. The molecule has 0 heterocycles. The first-order valence-electron chi connectivity index (χ1n) is 7.32. The van der Waals surface area contributed by atoms with E-state index in [0.29, 0.717) is 12.8 Å². The number of amides is 2. The number of carboxylic acids is 1. The number of benzene rings is 1. The van der Waals surface area contributed by atoms with Gasteiger partial charge in [0.05, 0.1) is 12.0 Å². The fourth-order valence-electron chi connectivity index (χ4n) is 2.91. The second kappa shape index (κ2) is 6.61. The first-order valence-corrected chi connectivity index (χ1v) is 7.32. The van der Waals surface area contributed by atoms with E-state index < -0.39 is 5.97 Å². The van der Waals surface area contributed by atoms with Crippen LogP contribution in [0.15, 0.2) is 24.3 Å². The molecule has 1 aromatic rings. The number of carbonyl (C=O) groups excluding carboxylic acids is 1. The maximum absolute atomic E-state index is 12.0. The summed E-state index contributed by atoms with van der Waals surface area (Å²) in [5.41, 5.74) is 2.22. The largest absolute Gasteiger partial charge is 0.481 e. The highest BCUT2D eigenvalue weighted by molar-refractivity contribution is 5.75. The van der Waals surface area contributed by atoms with Gasteiger partial charge in [-0.1, -0.05) is 24.3 Å². The van der Waals surface area contributed by atoms with Gasteiger partial charge in [-0.2, -0.15) is 0 Å². The van der Waals surface area contributed by atoms with E-state index in [1.807, 2.05) is 38.1 Å². The van der Waals surface area contributed by atoms with Crippen molar-refractivity contribution in [3.05, 3.63) is 35.4 Å². The highest BCUT2D eigenvalue weighted by Crippen LogP contribution is 2.25. The van der Waals surface area contributed by atoms with Crippen molar-refractivity contribution in [2.75, 3.05) is 0 Å². The molecule has 0 saturated heterocycles. The molecule has 5 heteroatoms. The van der Waals surface area contributed by atoms with E-state index in [4.69, 9.17) is 5.11 Å². The minimum absolute atomic E-state index is 0.0461. The molecule has 1 aliphatic rings. The lowest BCUT2D eigenvalue weighted by Gasteiger charge is -2.19. The average Bonchev–Trinajstić information content (AvgIpc) is 2.87. The topological polar surface area (TPSA) is 78.4 Å². The molecule has 21 heavy (non-hydrogen) atoms. The number of rotatable bonds is 4. The molecular weight excluding hydrogens is 268 g/mol. The maximum Gasteiger partial charge on any atom is 0.315 e. The number of hydrogen-bond acceptors (Lipinski definition) is 2. The van der Waals surface area contributed by atoms with Crippen LogP contribution in [-0.2, 0) is 4.79 Å². The Balaban J connectivity index is 1.85. The van der Waals surface area contributed by atoms with Gasteiger partial charge in [-0.3, -0.25) is 4.79 Å². The SMILES string of the molecule is Cc1ccccc1C(C)NC(=O)N[C@H]1CC[C@@H](C(=O)O)C1. The van der Waals surface area contributed by atoms with Gasteiger partial charge in [0.15, 0.2) is 0 Å². The molecule has 114 valence electrons. The molecule has 2 rings (SSSR count). The molecule has 1 aliphatic carbocycles. The van der Waals surface area contributed by atoms with Crippen molar-refractivity contribution in [1.29, 1.82) is 0 Å². The Morgan fingerprint density at radius 3 is 2.62 bits per heavy atom. The second-order valence-corrected chi connectivity index (χ2v) is 5.74. The Morgan fingerprint density at radius 2 is 2.00 bits per heavy atom. The first kappa shape index (κ1) is 15.4. The van der Waals surface area contributed by atoms with E-state index in [9.17, 15) is 9.59 Å². The molecule has 5 nitrogen and oxygen atoms in total. The van der Waals surface area contributed by atoms with Crippen LogP contribution in [0.4, 0.5) is 4.79 Å². The van der Waals surface area contributed by atoms with E-state index >= 15 is 0 Å². The third-order valence-corrected chi connectivity index (χ3v) is 4.12. The van der Waals surface area contributed by atoms with Crippen molar-refractivity contribution < 1.29 is 14.7 Å². The van der Waals surface area contributed by atoms with Crippen LogP contribution in [0.5, 0.6) is 0 Å². The minimum atomic E-state index is -0.770. The highest BCUT2D eigenvalue weighted by atomic mass is 16.4. The van der Waals surface area contributed by atoms with Gasteiger partial charge in [0.1, 0.15) is 0 Å². The van der Waals surface area contributed by atoms with Gasteiger partial charge in [0.2, 0.25) is 0 Å². The zero-order chi connectivity index (χ0) is 15.4. The number of aryl methyl sites for hydroxylation is 1. The number of nitrogens with one attached hydrogen (secondary N) is 2. The van der Waals surface area contributed by atoms with Crippen molar-refractivity contribution >= 4 is 12.0 Å². The fraction of sp³-hybridized carbons (Fsp3) is 0.500. The average molecular weight is 290 g/mol. The molecular formula is C16H22N2O3. The summed E-state index contributed by atoms with van der Waals surface area (Å²) in [4.78, 5) is 22.9. The third kappa shape index (κ3) is 3.97. The van der Waals surface area contributed by atoms with Gasteiger partial charge < -0.3 is 15.7 Å². The molecule has 0 aliphatic heterocycles. The van der Waals surface area contributed by atoms with Gasteiger partial charge in [-0.15, -0.1) is 0 Å². The highest BCUT2D eigenvalue weighted by Gasteiger charge is 2.30. The monoisotopic (exact) mass is 290 g/mol. The molecule has 0 spiro atoms. The van der Waals surface area contributed by atoms with Gasteiger partial charge in [0, 0.05) is 6.04 Å². The second-order valence-electron chi connectivity index (χ2n) is 5.74. The van der Waals surface area contributed by atoms with Crippen LogP contribution in [-0.4, -0.2) is 23.1 Å². The fourth-order valence-corrected chi connectivity index (χ4v) is 2.91. The lowest BCUT2D eigenvalue weighted by Crippen LogP contribution is -2.42. The minimum Gasteiger partial charge on any atom is -0.481 e. The Morgan fingerprint density at radius 1 is 1.29 bits per heavy atom. The molecule has 3 atom stereocenters. The molecule has 2 amide bonds. The smallest absolute Gasteiger partial charge is 0.315 e. The molecule has 0 aromatic heterocycles. The predicted molar refractivity (Wildman–Crippen MR) is 80.0 cm³/mol. The van der Waals surface area contributed by atoms with Crippen LogP contribution < -0.4 is 10.6 Å². The third-order valence-electron chi connectivity index (χ3n) is 4.12. The Kier molecular flexibility index (Phi) is 4.83. The number of aliphatic carboxylic acids is 1. The lowest BCUT2D eigenvalue weighted by molar-refractivity contribution is -0.141. The number of hydrogen-bond donors (Lipinski definition) is 3. The molecule has 1 aromatic carbocycles. The number of urea groups is 1.